The Morgan fingerprint density at radius 2 is 1.80 bits per heavy atom. The molecule has 0 saturated carbocycles. The van der Waals surface area contributed by atoms with E-state index in [9.17, 15) is 18.0 Å². The zero-order chi connectivity index (χ0) is 18.0. The number of para-hydroxylation sites is 1. The maximum absolute atomic E-state index is 13.6. The molecule has 1 aromatic heterocycles. The van der Waals surface area contributed by atoms with E-state index in [0.717, 1.165) is 23.0 Å². The molecule has 7 heteroatoms. The molecule has 3 aromatic rings. The number of aromatic nitrogens is 1. The number of amides is 1. The summed E-state index contributed by atoms with van der Waals surface area (Å²) in [6.07, 6.45) is 0. The highest BCUT2D eigenvalue weighted by atomic mass is 19.2. The number of halogens is 3. The Kier molecular flexibility index (Phi) is 4.56. The molecule has 4 nitrogen and oxygen atoms in total. The summed E-state index contributed by atoms with van der Waals surface area (Å²) < 4.78 is 39.7. The van der Waals surface area contributed by atoms with Gasteiger partial charge in [0.2, 0.25) is 0 Å². The Morgan fingerprint density at radius 1 is 1.04 bits per heavy atom. The third kappa shape index (κ3) is 3.55. The van der Waals surface area contributed by atoms with Crippen molar-refractivity contribution in [3.63, 3.8) is 0 Å². The standard InChI is InChI=1S/C18H14F3N3O/c1-24(15-9-6-11-4-2-3-5-13(11)22-15)10-16(25)23-14-8-7-12(19)17(20)18(14)21/h2-9H,10H2,1H3,(H,23,25)/p+1. The minimum atomic E-state index is -1.62. The van der Waals surface area contributed by atoms with E-state index in [0.29, 0.717) is 5.82 Å². The lowest BCUT2D eigenvalue weighted by atomic mass is 10.2. The predicted octanol–water partition coefficient (Wildman–Crippen LogP) is 3.15. The summed E-state index contributed by atoms with van der Waals surface area (Å²) in [6.45, 7) is -0.104. The van der Waals surface area contributed by atoms with Gasteiger partial charge in [-0.3, -0.25) is 9.69 Å². The van der Waals surface area contributed by atoms with Gasteiger partial charge in [0.1, 0.15) is 5.52 Å². The molecule has 0 saturated heterocycles. The molecular formula is C18H15F3N3O+. The van der Waals surface area contributed by atoms with E-state index in [-0.39, 0.29) is 6.54 Å². The van der Waals surface area contributed by atoms with Crippen LogP contribution in [0.3, 0.4) is 0 Å². The average molecular weight is 346 g/mol. The maximum Gasteiger partial charge on any atom is 0.275 e. The number of rotatable bonds is 4. The fourth-order valence-electron chi connectivity index (χ4n) is 2.44. The summed E-state index contributed by atoms with van der Waals surface area (Å²) >= 11 is 0. The molecule has 0 bridgehead atoms. The number of H-pyrrole nitrogens is 1. The number of likely N-dealkylation sites (N-methyl/N-ethyl adjacent to an activating group) is 1. The number of pyridine rings is 1. The van der Waals surface area contributed by atoms with Gasteiger partial charge in [0.05, 0.1) is 12.7 Å². The van der Waals surface area contributed by atoms with Crippen molar-refractivity contribution in [2.45, 2.75) is 0 Å². The van der Waals surface area contributed by atoms with Crippen molar-refractivity contribution in [3.8, 4) is 0 Å². The largest absolute Gasteiger partial charge is 0.320 e. The van der Waals surface area contributed by atoms with E-state index in [2.05, 4.69) is 10.3 Å². The number of carbonyl (C=O) groups excluding carboxylic acids is 1. The van der Waals surface area contributed by atoms with Gasteiger partial charge in [0, 0.05) is 11.5 Å². The minimum Gasteiger partial charge on any atom is -0.320 e. The molecule has 0 aliphatic heterocycles. The summed E-state index contributed by atoms with van der Waals surface area (Å²) in [5.41, 5.74) is 0.499. The van der Waals surface area contributed by atoms with E-state index in [1.54, 1.807) is 11.9 Å². The van der Waals surface area contributed by atoms with Crippen LogP contribution < -0.4 is 15.2 Å². The van der Waals surface area contributed by atoms with Crippen LogP contribution >= 0.6 is 0 Å². The molecule has 2 aromatic carbocycles. The van der Waals surface area contributed by atoms with Crippen LogP contribution in [0.25, 0.3) is 10.9 Å². The third-order valence-electron chi connectivity index (χ3n) is 3.75. The van der Waals surface area contributed by atoms with Gasteiger partial charge < -0.3 is 5.32 Å². The van der Waals surface area contributed by atoms with Gasteiger partial charge in [-0.1, -0.05) is 18.2 Å². The molecule has 2 N–H and O–H groups in total. The molecule has 25 heavy (non-hydrogen) atoms. The highest BCUT2D eigenvalue weighted by molar-refractivity contribution is 5.94. The van der Waals surface area contributed by atoms with Crippen LogP contribution in [0, 0.1) is 17.5 Å². The molecule has 0 radical (unpaired) electrons. The van der Waals surface area contributed by atoms with Gasteiger partial charge >= 0.3 is 0 Å². The molecule has 3 rings (SSSR count). The molecule has 0 spiro atoms. The van der Waals surface area contributed by atoms with Gasteiger partial charge in [-0.25, -0.2) is 18.2 Å². The van der Waals surface area contributed by atoms with Gasteiger partial charge in [-0.2, -0.15) is 0 Å². The van der Waals surface area contributed by atoms with Crippen LogP contribution in [-0.4, -0.2) is 19.5 Å². The second-order valence-electron chi connectivity index (χ2n) is 5.56. The van der Waals surface area contributed by atoms with E-state index in [1.807, 2.05) is 36.4 Å². The second kappa shape index (κ2) is 6.80. The normalized spacial score (nSPS) is 10.7. The molecule has 1 amide bonds. The number of fused-ring (bicyclic) bond motifs is 1. The van der Waals surface area contributed by atoms with Crippen LogP contribution in [0.2, 0.25) is 0 Å². The lowest BCUT2D eigenvalue weighted by Gasteiger charge is -2.12. The summed E-state index contributed by atoms with van der Waals surface area (Å²) in [7, 11) is 1.68. The molecule has 0 aliphatic rings. The van der Waals surface area contributed by atoms with E-state index in [1.165, 1.54) is 0 Å². The van der Waals surface area contributed by atoms with Crippen molar-refractivity contribution in [1.82, 2.24) is 0 Å². The Hall–Kier alpha value is -3.09. The van der Waals surface area contributed by atoms with Crippen LogP contribution in [-0.2, 0) is 4.79 Å². The summed E-state index contributed by atoms with van der Waals surface area (Å²) in [5.74, 6) is -4.23. The smallest absolute Gasteiger partial charge is 0.275 e. The number of aromatic amines is 1. The highest BCUT2D eigenvalue weighted by Crippen LogP contribution is 2.19. The first-order chi connectivity index (χ1) is 12.0. The van der Waals surface area contributed by atoms with Gasteiger partial charge in [-0.05, 0) is 24.3 Å². The van der Waals surface area contributed by atoms with E-state index >= 15 is 0 Å². The van der Waals surface area contributed by atoms with E-state index < -0.39 is 29.0 Å². The van der Waals surface area contributed by atoms with Gasteiger partial charge in [0.25, 0.3) is 11.7 Å². The van der Waals surface area contributed by atoms with Crippen LogP contribution in [0.4, 0.5) is 24.7 Å². The lowest BCUT2D eigenvalue weighted by molar-refractivity contribution is -0.330. The first kappa shape index (κ1) is 16.8. The Balaban J connectivity index is 1.72. The third-order valence-corrected chi connectivity index (χ3v) is 3.75. The van der Waals surface area contributed by atoms with Gasteiger partial charge in [0.15, 0.2) is 24.0 Å². The summed E-state index contributed by atoms with van der Waals surface area (Å²) in [5, 5.41) is 3.26. The van der Waals surface area contributed by atoms with Crippen molar-refractivity contribution in [2.75, 3.05) is 23.8 Å². The zero-order valence-electron chi connectivity index (χ0n) is 13.3. The first-order valence-electron chi connectivity index (χ1n) is 7.51. The van der Waals surface area contributed by atoms with Crippen LogP contribution in [0.15, 0.2) is 48.5 Å². The molecule has 0 fully saturated rings. The molecular weight excluding hydrogens is 331 g/mol. The number of hydrogen-bond donors (Lipinski definition) is 1. The van der Waals surface area contributed by atoms with Gasteiger partial charge in [-0.15, -0.1) is 0 Å². The topological polar surface area (TPSA) is 46.5 Å². The molecule has 1 heterocycles. The van der Waals surface area contributed by atoms with Crippen LogP contribution in [0.1, 0.15) is 0 Å². The lowest BCUT2D eigenvalue weighted by Crippen LogP contribution is -2.33. The zero-order valence-corrected chi connectivity index (χ0v) is 13.3. The Bertz CT molecular complexity index is 946. The maximum atomic E-state index is 13.6. The fourth-order valence-corrected chi connectivity index (χ4v) is 2.44. The molecule has 0 unspecified atom stereocenters. The van der Waals surface area contributed by atoms with Crippen molar-refractivity contribution in [1.29, 1.82) is 0 Å². The number of hydrogen-bond acceptors (Lipinski definition) is 2. The monoisotopic (exact) mass is 346 g/mol. The minimum absolute atomic E-state index is 0.104. The quantitative estimate of drug-likeness (QED) is 0.738. The number of benzene rings is 2. The predicted molar refractivity (Wildman–Crippen MR) is 88.7 cm³/mol. The van der Waals surface area contributed by atoms with Crippen molar-refractivity contribution >= 4 is 28.3 Å². The van der Waals surface area contributed by atoms with Crippen molar-refractivity contribution in [2.24, 2.45) is 0 Å². The fraction of sp³-hybridized carbons (Fsp3) is 0.111. The van der Waals surface area contributed by atoms with Crippen LogP contribution in [0.5, 0.6) is 0 Å². The molecule has 0 aliphatic carbocycles. The van der Waals surface area contributed by atoms with E-state index in [4.69, 9.17) is 0 Å². The number of anilines is 2. The number of nitrogens with zero attached hydrogens (tertiary/aromatic N) is 1. The first-order valence-corrected chi connectivity index (χ1v) is 7.51. The SMILES string of the molecule is CN(CC(=O)Nc1ccc(F)c(F)c1F)c1ccc2ccccc2[nH+]1. The van der Waals surface area contributed by atoms with Crippen molar-refractivity contribution in [3.05, 3.63) is 66.0 Å². The average Bonchev–Trinajstić information content (AvgIpc) is 2.61. The summed E-state index contributed by atoms with van der Waals surface area (Å²) in [4.78, 5) is 16.9. The number of carbonyl (C=O) groups is 1. The van der Waals surface area contributed by atoms with Crippen molar-refractivity contribution < 1.29 is 22.9 Å². The highest BCUT2D eigenvalue weighted by Gasteiger charge is 2.19. The Labute approximate surface area is 141 Å². The Morgan fingerprint density at radius 3 is 2.60 bits per heavy atom. The summed E-state index contributed by atoms with van der Waals surface area (Å²) in [6, 6.07) is 13.1. The number of nitrogens with one attached hydrogen (secondary N) is 2. The molecule has 0 atom stereocenters. The second-order valence-corrected chi connectivity index (χ2v) is 5.56. The molecule has 128 valence electrons.